The summed E-state index contributed by atoms with van der Waals surface area (Å²) in [5.41, 5.74) is 3.20. The van der Waals surface area contributed by atoms with Crippen LogP contribution in [0.3, 0.4) is 0 Å². The van der Waals surface area contributed by atoms with Gasteiger partial charge in [-0.15, -0.1) is 10.2 Å². The molecule has 0 aliphatic heterocycles. The summed E-state index contributed by atoms with van der Waals surface area (Å²) < 4.78 is 10.8. The molecule has 0 radical (unpaired) electrons. The zero-order valence-corrected chi connectivity index (χ0v) is 18.5. The highest BCUT2D eigenvalue weighted by molar-refractivity contribution is 7.99. The van der Waals surface area contributed by atoms with E-state index in [1.807, 2.05) is 31.2 Å². The van der Waals surface area contributed by atoms with E-state index in [-0.39, 0.29) is 17.7 Å². The van der Waals surface area contributed by atoms with E-state index in [1.54, 1.807) is 7.11 Å². The second kappa shape index (κ2) is 10.3. The maximum atomic E-state index is 12.3. The molecule has 0 aliphatic rings. The molecule has 0 saturated heterocycles. The fourth-order valence-electron chi connectivity index (χ4n) is 3.03. The van der Waals surface area contributed by atoms with Gasteiger partial charge in [0.2, 0.25) is 11.8 Å². The molecular formula is C23H27N3O3S. The number of benzene rings is 2. The summed E-state index contributed by atoms with van der Waals surface area (Å²) in [4.78, 5) is 12.3. The molecule has 3 aromatic rings. The van der Waals surface area contributed by atoms with Gasteiger partial charge in [-0.1, -0.05) is 49.9 Å². The lowest BCUT2D eigenvalue weighted by atomic mass is 10.00. The molecule has 0 aliphatic carbocycles. The van der Waals surface area contributed by atoms with Crippen LogP contribution in [0.5, 0.6) is 5.75 Å². The fourth-order valence-corrected chi connectivity index (χ4v) is 3.60. The van der Waals surface area contributed by atoms with Gasteiger partial charge in [0.15, 0.2) is 0 Å². The van der Waals surface area contributed by atoms with Gasteiger partial charge in [-0.3, -0.25) is 4.79 Å². The Hall–Kier alpha value is -2.80. The molecule has 0 saturated carbocycles. The molecule has 1 heterocycles. The predicted octanol–water partition coefficient (Wildman–Crippen LogP) is 4.91. The maximum Gasteiger partial charge on any atom is 0.277 e. The molecule has 158 valence electrons. The van der Waals surface area contributed by atoms with Crippen LogP contribution in [0.1, 0.15) is 37.9 Å². The van der Waals surface area contributed by atoms with E-state index in [9.17, 15) is 4.79 Å². The van der Waals surface area contributed by atoms with Crippen molar-refractivity contribution >= 4 is 17.7 Å². The molecular weight excluding hydrogens is 398 g/mol. The first-order valence-corrected chi connectivity index (χ1v) is 10.9. The van der Waals surface area contributed by atoms with Gasteiger partial charge in [-0.2, -0.15) is 0 Å². The molecule has 7 heteroatoms. The van der Waals surface area contributed by atoms with Gasteiger partial charge in [-0.25, -0.2) is 0 Å². The summed E-state index contributed by atoms with van der Waals surface area (Å²) in [6.45, 7) is 6.39. The molecule has 1 aromatic heterocycles. The molecule has 2 aromatic carbocycles. The van der Waals surface area contributed by atoms with Gasteiger partial charge in [0.25, 0.3) is 5.22 Å². The second-order valence-corrected chi connectivity index (χ2v) is 8.45. The van der Waals surface area contributed by atoms with Crippen LogP contribution < -0.4 is 10.1 Å². The Morgan fingerprint density at radius 2 is 1.77 bits per heavy atom. The van der Waals surface area contributed by atoms with Crippen LogP contribution in [0.25, 0.3) is 11.5 Å². The number of hydrogen-bond donors (Lipinski definition) is 1. The number of nitrogens with zero attached hydrogens (tertiary/aromatic N) is 2. The minimum atomic E-state index is -0.0806. The Balaban J connectivity index is 1.50. The fraction of sp³-hybridized carbons (Fsp3) is 0.348. The molecule has 1 amide bonds. The molecule has 30 heavy (non-hydrogen) atoms. The molecule has 1 atom stereocenters. The average molecular weight is 426 g/mol. The number of rotatable bonds is 9. The largest absolute Gasteiger partial charge is 0.497 e. The van der Waals surface area contributed by atoms with E-state index in [0.717, 1.165) is 23.3 Å². The van der Waals surface area contributed by atoms with E-state index >= 15 is 0 Å². The smallest absolute Gasteiger partial charge is 0.277 e. The van der Waals surface area contributed by atoms with Crippen molar-refractivity contribution in [1.29, 1.82) is 0 Å². The number of nitrogens with one attached hydrogen (secondary N) is 1. The third-order valence-electron chi connectivity index (χ3n) is 4.57. The molecule has 1 unspecified atom stereocenters. The van der Waals surface area contributed by atoms with Gasteiger partial charge in [0.05, 0.1) is 18.9 Å². The van der Waals surface area contributed by atoms with E-state index in [2.05, 4.69) is 53.6 Å². The summed E-state index contributed by atoms with van der Waals surface area (Å²) in [6, 6.07) is 15.7. The van der Waals surface area contributed by atoms with Crippen LogP contribution in [0.2, 0.25) is 0 Å². The topological polar surface area (TPSA) is 77.2 Å². The summed E-state index contributed by atoms with van der Waals surface area (Å²) >= 11 is 1.22. The lowest BCUT2D eigenvalue weighted by Gasteiger charge is -2.15. The number of amides is 1. The SMILES string of the molecule is COc1ccc(-c2nnc(SCC(=O)NC(C)c3ccc(CC(C)C)cc3)o2)cc1. The number of thioether (sulfide) groups is 1. The van der Waals surface area contributed by atoms with Crippen molar-refractivity contribution in [2.45, 2.75) is 38.5 Å². The van der Waals surface area contributed by atoms with Crippen molar-refractivity contribution in [3.63, 3.8) is 0 Å². The van der Waals surface area contributed by atoms with Crippen molar-refractivity contribution in [2.24, 2.45) is 5.92 Å². The standard InChI is InChI=1S/C23H27N3O3S/c1-15(2)13-17-5-7-18(8-6-17)16(3)24-21(27)14-30-23-26-25-22(29-23)19-9-11-20(28-4)12-10-19/h5-12,15-16H,13-14H2,1-4H3,(H,24,27). The van der Waals surface area contributed by atoms with Gasteiger partial charge in [-0.05, 0) is 54.7 Å². The maximum absolute atomic E-state index is 12.3. The summed E-state index contributed by atoms with van der Waals surface area (Å²) in [7, 11) is 1.62. The van der Waals surface area contributed by atoms with Crippen LogP contribution in [0, 0.1) is 5.92 Å². The Bertz CT molecular complexity index is 953. The zero-order valence-electron chi connectivity index (χ0n) is 17.7. The predicted molar refractivity (Wildman–Crippen MR) is 119 cm³/mol. The van der Waals surface area contributed by atoms with Crippen molar-refractivity contribution in [3.8, 4) is 17.2 Å². The van der Waals surface area contributed by atoms with Gasteiger partial charge < -0.3 is 14.5 Å². The lowest BCUT2D eigenvalue weighted by molar-refractivity contribution is -0.119. The van der Waals surface area contributed by atoms with Crippen LogP contribution in [-0.2, 0) is 11.2 Å². The first kappa shape index (κ1) is 21.9. The van der Waals surface area contributed by atoms with Crippen LogP contribution in [-0.4, -0.2) is 29.0 Å². The molecule has 3 rings (SSSR count). The number of carbonyl (C=O) groups is 1. The second-order valence-electron chi connectivity index (χ2n) is 7.52. The highest BCUT2D eigenvalue weighted by Gasteiger charge is 2.14. The summed E-state index contributed by atoms with van der Waals surface area (Å²) in [5.74, 6) is 1.92. The zero-order chi connectivity index (χ0) is 21.5. The number of ether oxygens (including phenoxy) is 1. The number of hydrogen-bond acceptors (Lipinski definition) is 6. The van der Waals surface area contributed by atoms with Crippen molar-refractivity contribution in [3.05, 3.63) is 59.7 Å². The Morgan fingerprint density at radius 1 is 1.07 bits per heavy atom. The lowest BCUT2D eigenvalue weighted by Crippen LogP contribution is -2.28. The molecule has 1 N–H and O–H groups in total. The Morgan fingerprint density at radius 3 is 2.40 bits per heavy atom. The first-order chi connectivity index (χ1) is 14.4. The number of carbonyl (C=O) groups excluding carboxylic acids is 1. The van der Waals surface area contributed by atoms with Crippen molar-refractivity contribution < 1.29 is 13.9 Å². The molecule has 0 spiro atoms. The summed E-state index contributed by atoms with van der Waals surface area (Å²) in [5, 5.41) is 11.4. The Labute approximate surface area is 181 Å². The van der Waals surface area contributed by atoms with E-state index in [4.69, 9.17) is 9.15 Å². The van der Waals surface area contributed by atoms with Gasteiger partial charge in [0, 0.05) is 5.56 Å². The van der Waals surface area contributed by atoms with E-state index in [0.29, 0.717) is 17.0 Å². The van der Waals surface area contributed by atoms with Gasteiger partial charge in [0.1, 0.15) is 5.75 Å². The molecule has 0 bridgehead atoms. The quantitative estimate of drug-likeness (QED) is 0.491. The third kappa shape index (κ3) is 6.10. The third-order valence-corrected chi connectivity index (χ3v) is 5.39. The summed E-state index contributed by atoms with van der Waals surface area (Å²) in [6.07, 6.45) is 1.06. The monoisotopic (exact) mass is 425 g/mol. The van der Waals surface area contributed by atoms with Crippen LogP contribution in [0.15, 0.2) is 58.2 Å². The molecule has 6 nitrogen and oxygen atoms in total. The highest BCUT2D eigenvalue weighted by Crippen LogP contribution is 2.25. The number of methoxy groups -OCH3 is 1. The highest BCUT2D eigenvalue weighted by atomic mass is 32.2. The minimum absolute atomic E-state index is 0.0660. The normalized spacial score (nSPS) is 12.0. The van der Waals surface area contributed by atoms with Crippen molar-refractivity contribution in [1.82, 2.24) is 15.5 Å². The first-order valence-electron chi connectivity index (χ1n) is 9.93. The minimum Gasteiger partial charge on any atom is -0.497 e. The number of aromatic nitrogens is 2. The van der Waals surface area contributed by atoms with Gasteiger partial charge >= 0.3 is 0 Å². The average Bonchev–Trinajstić information content (AvgIpc) is 3.21. The van der Waals surface area contributed by atoms with Crippen LogP contribution >= 0.6 is 11.8 Å². The Kier molecular flexibility index (Phi) is 7.52. The van der Waals surface area contributed by atoms with E-state index in [1.165, 1.54) is 17.3 Å². The molecule has 0 fully saturated rings. The van der Waals surface area contributed by atoms with Crippen molar-refractivity contribution in [2.75, 3.05) is 12.9 Å². The van der Waals surface area contributed by atoms with E-state index < -0.39 is 0 Å². The van der Waals surface area contributed by atoms with Crippen LogP contribution in [0.4, 0.5) is 0 Å².